The van der Waals surface area contributed by atoms with Crippen molar-refractivity contribution in [3.63, 3.8) is 0 Å². The van der Waals surface area contributed by atoms with Gasteiger partial charge >= 0.3 is 23.2 Å². The normalized spacial score (nSPS) is 11.5. The number of aromatic nitrogens is 4. The maximum Gasteiger partial charge on any atom is 0.406 e. The Balaban J connectivity index is 2.57. The van der Waals surface area contributed by atoms with Crippen LogP contribution in [0.15, 0.2) is 45.8 Å². The molecule has 0 radical (unpaired) electrons. The second-order valence-corrected chi connectivity index (χ2v) is 6.64. The molecular weight excluding hydrogens is 405 g/mol. The monoisotopic (exact) mass is 426 g/mol. The highest BCUT2D eigenvalue weighted by molar-refractivity contribution is 5.97. The van der Waals surface area contributed by atoms with Gasteiger partial charge in [0.25, 0.3) is 0 Å². The van der Waals surface area contributed by atoms with Gasteiger partial charge in [-0.15, -0.1) is 13.2 Å². The maximum atomic E-state index is 12.8. The van der Waals surface area contributed by atoms with Crippen molar-refractivity contribution >= 4 is 5.78 Å². The molecule has 0 bridgehead atoms. The summed E-state index contributed by atoms with van der Waals surface area (Å²) in [6.45, 7) is 7.29. The van der Waals surface area contributed by atoms with Crippen LogP contribution in [0.2, 0.25) is 0 Å². The lowest BCUT2D eigenvalue weighted by molar-refractivity contribution is -0.141. The van der Waals surface area contributed by atoms with Crippen molar-refractivity contribution in [2.45, 2.75) is 46.2 Å². The number of Topliss-reactive ketones (excluding diaryl/α,β-unsaturated/α-hetero) is 1. The minimum atomic E-state index is -4.48. The highest BCUT2D eigenvalue weighted by atomic mass is 19.4. The molecule has 0 fully saturated rings. The molecule has 11 heteroatoms. The van der Waals surface area contributed by atoms with Crippen LogP contribution < -0.4 is 17.1 Å². The quantitative estimate of drug-likeness (QED) is 0.472. The highest BCUT2D eigenvalue weighted by Gasteiger charge is 2.30. The molecule has 0 aliphatic heterocycles. The van der Waals surface area contributed by atoms with Gasteiger partial charge in [0.15, 0.2) is 5.78 Å². The Bertz CT molecular complexity index is 1130. The first-order valence-corrected chi connectivity index (χ1v) is 8.85. The molecule has 0 spiro atoms. The fourth-order valence-corrected chi connectivity index (χ4v) is 3.12. The van der Waals surface area contributed by atoms with E-state index in [1.807, 2.05) is 0 Å². The van der Waals surface area contributed by atoms with Crippen LogP contribution in [0.3, 0.4) is 0 Å². The zero-order chi connectivity index (χ0) is 22.8. The van der Waals surface area contributed by atoms with E-state index < -0.39 is 42.1 Å². The summed E-state index contributed by atoms with van der Waals surface area (Å²) in [5, 5.41) is 0. The van der Waals surface area contributed by atoms with Crippen molar-refractivity contribution in [3.8, 4) is 0 Å². The zero-order valence-electron chi connectivity index (χ0n) is 16.5. The number of carbonyl (C=O) groups excluding carboxylic acids is 1. The molecule has 2 aromatic rings. The van der Waals surface area contributed by atoms with Crippen molar-refractivity contribution in [2.75, 3.05) is 0 Å². The number of alkyl halides is 3. The van der Waals surface area contributed by atoms with E-state index in [1.54, 1.807) is 0 Å². The lowest BCUT2D eigenvalue weighted by Gasteiger charge is -2.13. The third-order valence-corrected chi connectivity index (χ3v) is 4.52. The molecule has 8 nitrogen and oxygen atoms in total. The summed E-state index contributed by atoms with van der Waals surface area (Å²) >= 11 is 0. The topological polar surface area (TPSA) is 88.0 Å². The summed E-state index contributed by atoms with van der Waals surface area (Å²) in [6, 6.07) is 1.27. The Morgan fingerprint density at radius 3 is 1.83 bits per heavy atom. The van der Waals surface area contributed by atoms with Crippen LogP contribution in [0, 0.1) is 13.8 Å². The van der Waals surface area contributed by atoms with Crippen LogP contribution in [0.4, 0.5) is 13.2 Å². The molecule has 0 aromatic carbocycles. The van der Waals surface area contributed by atoms with Crippen LogP contribution in [-0.4, -0.2) is 30.2 Å². The number of rotatable bonds is 8. The van der Waals surface area contributed by atoms with Gasteiger partial charge in [0.1, 0.15) is 6.54 Å². The number of halogens is 3. The van der Waals surface area contributed by atoms with Gasteiger partial charge in [-0.3, -0.25) is 4.79 Å². The van der Waals surface area contributed by atoms with Gasteiger partial charge in [0.05, 0.1) is 19.6 Å². The average Bonchev–Trinajstić information content (AvgIpc) is 2.92. The molecular formula is C19H21F3N4O4. The molecule has 0 unspecified atom stereocenters. The van der Waals surface area contributed by atoms with Crippen molar-refractivity contribution in [1.29, 1.82) is 0 Å². The minimum absolute atomic E-state index is 0.0419. The third-order valence-electron chi connectivity index (χ3n) is 4.52. The molecule has 0 aliphatic carbocycles. The van der Waals surface area contributed by atoms with Gasteiger partial charge in [-0.1, -0.05) is 12.2 Å². The molecule has 2 aromatic heterocycles. The van der Waals surface area contributed by atoms with E-state index in [4.69, 9.17) is 0 Å². The first-order valence-electron chi connectivity index (χ1n) is 8.85. The van der Waals surface area contributed by atoms with E-state index in [-0.39, 0.29) is 30.0 Å². The number of nitrogens with zero attached hydrogens (tertiary/aromatic N) is 4. The maximum absolute atomic E-state index is 12.8. The summed E-state index contributed by atoms with van der Waals surface area (Å²) in [7, 11) is 0. The standard InChI is InChI=1S/C19H21F3N4O4/c1-5-7-23-16(28)24(8-6-2)18(30)25(17(23)29)10-15(27)14-9-12(3)26(13(14)4)11-19(20,21)22/h5-6,9H,1-2,7-8,10-11H2,3-4H3. The zero-order valence-corrected chi connectivity index (χ0v) is 16.5. The van der Waals surface area contributed by atoms with Crippen LogP contribution in [-0.2, 0) is 26.2 Å². The van der Waals surface area contributed by atoms with Gasteiger partial charge in [-0.2, -0.15) is 13.2 Å². The minimum Gasteiger partial charge on any atom is -0.339 e. The molecule has 0 saturated heterocycles. The summed E-state index contributed by atoms with van der Waals surface area (Å²) in [4.78, 5) is 50.3. The van der Waals surface area contributed by atoms with E-state index >= 15 is 0 Å². The number of allylic oxidation sites excluding steroid dienone is 2. The molecule has 0 saturated carbocycles. The lowest BCUT2D eigenvalue weighted by atomic mass is 10.1. The molecule has 0 atom stereocenters. The molecule has 2 rings (SSSR count). The molecule has 162 valence electrons. The molecule has 2 heterocycles. The third kappa shape index (κ3) is 4.44. The molecule has 30 heavy (non-hydrogen) atoms. The van der Waals surface area contributed by atoms with Gasteiger partial charge in [-0.05, 0) is 19.9 Å². The Morgan fingerprint density at radius 2 is 1.40 bits per heavy atom. The van der Waals surface area contributed by atoms with E-state index in [1.165, 1.54) is 32.1 Å². The Morgan fingerprint density at radius 1 is 0.933 bits per heavy atom. The predicted octanol–water partition coefficient (Wildman–Crippen LogP) is 1.41. The SMILES string of the molecule is C=CCn1c(=O)n(CC=C)c(=O)n(CC(=O)c2cc(C)n(CC(F)(F)F)c2C)c1=O. The van der Waals surface area contributed by atoms with Gasteiger partial charge in [-0.25, -0.2) is 28.1 Å². The summed E-state index contributed by atoms with van der Waals surface area (Å²) in [6.07, 6.45) is -1.92. The fourth-order valence-electron chi connectivity index (χ4n) is 3.12. The van der Waals surface area contributed by atoms with E-state index in [9.17, 15) is 32.3 Å². The first kappa shape index (κ1) is 22.9. The second-order valence-electron chi connectivity index (χ2n) is 6.64. The summed E-state index contributed by atoms with van der Waals surface area (Å²) < 4.78 is 41.4. The summed E-state index contributed by atoms with van der Waals surface area (Å²) in [5.74, 6) is -0.732. The molecule has 0 N–H and O–H groups in total. The second kappa shape index (κ2) is 8.56. The Hall–Kier alpha value is -3.37. The van der Waals surface area contributed by atoms with Crippen molar-refractivity contribution in [2.24, 2.45) is 0 Å². The van der Waals surface area contributed by atoms with Gasteiger partial charge < -0.3 is 4.57 Å². The molecule has 0 aliphatic rings. The van der Waals surface area contributed by atoms with E-state index in [0.717, 1.165) is 13.7 Å². The van der Waals surface area contributed by atoms with Crippen molar-refractivity contribution < 1.29 is 18.0 Å². The number of hydrogen-bond acceptors (Lipinski definition) is 4. The van der Waals surface area contributed by atoms with E-state index in [0.29, 0.717) is 4.57 Å². The summed E-state index contributed by atoms with van der Waals surface area (Å²) in [5.41, 5.74) is -2.67. The Kier molecular flexibility index (Phi) is 6.53. The number of hydrogen-bond donors (Lipinski definition) is 0. The van der Waals surface area contributed by atoms with Crippen molar-refractivity contribution in [1.82, 2.24) is 18.3 Å². The number of carbonyl (C=O) groups is 1. The van der Waals surface area contributed by atoms with Gasteiger partial charge in [0, 0.05) is 17.0 Å². The number of aryl methyl sites for hydroxylation is 1. The first-order chi connectivity index (χ1) is 13.9. The fraction of sp³-hybridized carbons (Fsp3) is 0.368. The van der Waals surface area contributed by atoms with Gasteiger partial charge in [0.2, 0.25) is 0 Å². The van der Waals surface area contributed by atoms with Crippen LogP contribution >= 0.6 is 0 Å². The largest absolute Gasteiger partial charge is 0.406 e. The smallest absolute Gasteiger partial charge is 0.339 e. The van der Waals surface area contributed by atoms with E-state index in [2.05, 4.69) is 13.2 Å². The number of ketones is 1. The van der Waals surface area contributed by atoms with Crippen molar-refractivity contribution in [3.05, 3.63) is 79.8 Å². The van der Waals surface area contributed by atoms with Crippen LogP contribution in [0.5, 0.6) is 0 Å². The Labute approximate surface area is 168 Å². The highest BCUT2D eigenvalue weighted by Crippen LogP contribution is 2.23. The average molecular weight is 426 g/mol. The lowest BCUT2D eigenvalue weighted by Crippen LogP contribution is -2.55. The van der Waals surface area contributed by atoms with Crippen LogP contribution in [0.1, 0.15) is 21.7 Å². The predicted molar refractivity (Wildman–Crippen MR) is 104 cm³/mol. The van der Waals surface area contributed by atoms with Crippen LogP contribution in [0.25, 0.3) is 0 Å². The molecule has 0 amide bonds.